The van der Waals surface area contributed by atoms with Gasteiger partial charge in [0.15, 0.2) is 5.82 Å². The minimum atomic E-state index is -0.598. The minimum absolute atomic E-state index is 0.0463. The lowest BCUT2D eigenvalue weighted by molar-refractivity contribution is 0.0537. The summed E-state index contributed by atoms with van der Waals surface area (Å²) in [6.07, 6.45) is 3.07. The SMILES string of the molecule is Cc1ccc(C(=O)N2CCC3(CCN3)CC2)c(F)c1Cl. The highest BCUT2D eigenvalue weighted by molar-refractivity contribution is 6.31. The van der Waals surface area contributed by atoms with Crippen molar-refractivity contribution < 1.29 is 9.18 Å². The first kappa shape index (κ1) is 13.8. The Balaban J connectivity index is 1.75. The van der Waals surface area contributed by atoms with Crippen molar-refractivity contribution in [2.75, 3.05) is 19.6 Å². The molecule has 1 spiro atoms. The van der Waals surface area contributed by atoms with Crippen molar-refractivity contribution in [3.8, 4) is 0 Å². The van der Waals surface area contributed by atoms with Crippen LogP contribution in [0.4, 0.5) is 4.39 Å². The molecule has 0 saturated carbocycles. The molecule has 3 rings (SSSR count). The number of carbonyl (C=O) groups is 1. The lowest BCUT2D eigenvalue weighted by Crippen LogP contribution is -2.62. The molecule has 1 aromatic carbocycles. The molecule has 20 heavy (non-hydrogen) atoms. The highest BCUT2D eigenvalue weighted by atomic mass is 35.5. The molecule has 0 aliphatic carbocycles. The van der Waals surface area contributed by atoms with Crippen molar-refractivity contribution in [3.05, 3.63) is 34.1 Å². The van der Waals surface area contributed by atoms with Crippen LogP contribution in [0, 0.1) is 12.7 Å². The molecule has 2 saturated heterocycles. The van der Waals surface area contributed by atoms with Gasteiger partial charge in [-0.2, -0.15) is 0 Å². The minimum Gasteiger partial charge on any atom is -0.338 e. The summed E-state index contributed by atoms with van der Waals surface area (Å²) in [5.41, 5.74) is 0.968. The lowest BCUT2D eigenvalue weighted by atomic mass is 9.79. The van der Waals surface area contributed by atoms with E-state index in [0.29, 0.717) is 18.7 Å². The number of hydrogen-bond acceptors (Lipinski definition) is 2. The van der Waals surface area contributed by atoms with E-state index < -0.39 is 5.82 Å². The van der Waals surface area contributed by atoms with E-state index in [-0.39, 0.29) is 22.0 Å². The number of piperidine rings is 1. The Kier molecular flexibility index (Phi) is 3.46. The second-order valence-electron chi connectivity index (χ2n) is 5.81. The van der Waals surface area contributed by atoms with Gasteiger partial charge >= 0.3 is 0 Å². The summed E-state index contributed by atoms with van der Waals surface area (Å²) in [6, 6.07) is 3.22. The number of carbonyl (C=O) groups excluding carboxylic acids is 1. The van der Waals surface area contributed by atoms with E-state index in [1.165, 1.54) is 12.5 Å². The summed E-state index contributed by atoms with van der Waals surface area (Å²) < 4.78 is 14.1. The number of halogens is 2. The molecule has 108 valence electrons. The number of rotatable bonds is 1. The monoisotopic (exact) mass is 296 g/mol. The standard InChI is InChI=1S/C15H18ClFN2O/c1-10-2-3-11(13(17)12(10)16)14(20)19-8-5-15(6-9-19)4-7-18-15/h2-3,18H,4-9H2,1H3. The van der Waals surface area contributed by atoms with Gasteiger partial charge in [0.05, 0.1) is 10.6 Å². The van der Waals surface area contributed by atoms with Gasteiger partial charge in [-0.3, -0.25) is 4.79 Å². The molecule has 2 aliphatic heterocycles. The quantitative estimate of drug-likeness (QED) is 0.864. The average molecular weight is 297 g/mol. The molecule has 1 amide bonds. The Morgan fingerprint density at radius 2 is 2.00 bits per heavy atom. The van der Waals surface area contributed by atoms with Crippen LogP contribution in [0.2, 0.25) is 5.02 Å². The summed E-state index contributed by atoms with van der Waals surface area (Å²) in [4.78, 5) is 14.1. The Labute approximate surface area is 123 Å². The van der Waals surface area contributed by atoms with E-state index in [1.807, 2.05) is 0 Å². The Morgan fingerprint density at radius 3 is 2.55 bits per heavy atom. The largest absolute Gasteiger partial charge is 0.338 e. The number of nitrogens with one attached hydrogen (secondary N) is 1. The second kappa shape index (κ2) is 5.01. The van der Waals surface area contributed by atoms with Crippen molar-refractivity contribution >= 4 is 17.5 Å². The molecule has 0 unspecified atom stereocenters. The zero-order valence-corrected chi connectivity index (χ0v) is 12.3. The predicted octanol–water partition coefficient (Wildman–Crippen LogP) is 2.76. The molecule has 0 atom stereocenters. The van der Waals surface area contributed by atoms with Crippen molar-refractivity contribution in [2.24, 2.45) is 0 Å². The number of aryl methyl sites for hydroxylation is 1. The number of benzene rings is 1. The van der Waals surface area contributed by atoms with Crippen LogP contribution in [-0.2, 0) is 0 Å². The van der Waals surface area contributed by atoms with E-state index in [9.17, 15) is 9.18 Å². The highest BCUT2D eigenvalue weighted by Gasteiger charge is 2.40. The van der Waals surface area contributed by atoms with Crippen molar-refractivity contribution in [1.29, 1.82) is 0 Å². The molecular formula is C15H18ClFN2O. The fourth-order valence-electron chi connectivity index (χ4n) is 3.02. The van der Waals surface area contributed by atoms with Crippen LogP contribution in [0.25, 0.3) is 0 Å². The van der Waals surface area contributed by atoms with Gasteiger partial charge in [0.1, 0.15) is 0 Å². The molecule has 5 heteroatoms. The van der Waals surface area contributed by atoms with Gasteiger partial charge in [-0.25, -0.2) is 4.39 Å². The van der Waals surface area contributed by atoms with E-state index in [1.54, 1.807) is 17.9 Å². The van der Waals surface area contributed by atoms with Gasteiger partial charge in [-0.05, 0) is 44.4 Å². The number of hydrogen-bond donors (Lipinski definition) is 1. The van der Waals surface area contributed by atoms with E-state index >= 15 is 0 Å². The molecule has 2 heterocycles. The van der Waals surface area contributed by atoms with Crippen LogP contribution < -0.4 is 5.32 Å². The summed E-state index contributed by atoms with van der Waals surface area (Å²) in [6.45, 7) is 4.15. The third kappa shape index (κ3) is 2.21. The summed E-state index contributed by atoms with van der Waals surface area (Å²) in [5.74, 6) is -0.850. The maximum absolute atomic E-state index is 14.1. The van der Waals surface area contributed by atoms with Crippen LogP contribution in [0.15, 0.2) is 12.1 Å². The summed E-state index contributed by atoms with van der Waals surface area (Å²) >= 11 is 5.89. The summed E-state index contributed by atoms with van der Waals surface area (Å²) in [5, 5.41) is 3.50. The third-order valence-corrected chi connectivity index (χ3v) is 5.08. The lowest BCUT2D eigenvalue weighted by Gasteiger charge is -2.48. The topological polar surface area (TPSA) is 32.3 Å². The Bertz CT molecular complexity index is 547. The van der Waals surface area contributed by atoms with Crippen LogP contribution in [0.3, 0.4) is 0 Å². The normalized spacial score (nSPS) is 20.9. The fourth-order valence-corrected chi connectivity index (χ4v) is 3.19. The van der Waals surface area contributed by atoms with Gasteiger partial charge < -0.3 is 10.2 Å². The third-order valence-electron chi connectivity index (χ3n) is 4.62. The number of likely N-dealkylation sites (tertiary alicyclic amines) is 1. The molecule has 3 nitrogen and oxygen atoms in total. The Hall–Kier alpha value is -1.13. The molecule has 1 aromatic rings. The van der Waals surface area contributed by atoms with Gasteiger partial charge in [-0.15, -0.1) is 0 Å². The molecule has 0 radical (unpaired) electrons. The molecule has 2 aliphatic rings. The van der Waals surface area contributed by atoms with Crippen LogP contribution in [0.5, 0.6) is 0 Å². The zero-order chi connectivity index (χ0) is 14.3. The molecule has 0 bridgehead atoms. The van der Waals surface area contributed by atoms with Gasteiger partial charge in [0.2, 0.25) is 0 Å². The molecular weight excluding hydrogens is 279 g/mol. The molecule has 0 aromatic heterocycles. The first-order valence-corrected chi connectivity index (χ1v) is 7.39. The van der Waals surface area contributed by atoms with Crippen LogP contribution >= 0.6 is 11.6 Å². The second-order valence-corrected chi connectivity index (χ2v) is 6.19. The fraction of sp³-hybridized carbons (Fsp3) is 0.533. The first-order chi connectivity index (χ1) is 9.52. The number of amides is 1. The Morgan fingerprint density at radius 1 is 1.35 bits per heavy atom. The van der Waals surface area contributed by atoms with Crippen LogP contribution in [-0.4, -0.2) is 36.0 Å². The molecule has 1 N–H and O–H groups in total. The van der Waals surface area contributed by atoms with Crippen molar-refractivity contribution in [3.63, 3.8) is 0 Å². The van der Waals surface area contributed by atoms with E-state index in [0.717, 1.165) is 19.4 Å². The predicted molar refractivity (Wildman–Crippen MR) is 76.6 cm³/mol. The van der Waals surface area contributed by atoms with Gasteiger partial charge in [0, 0.05) is 18.6 Å². The maximum atomic E-state index is 14.1. The number of nitrogens with zero attached hydrogens (tertiary/aromatic N) is 1. The van der Waals surface area contributed by atoms with Gasteiger partial charge in [0.25, 0.3) is 5.91 Å². The summed E-state index contributed by atoms with van der Waals surface area (Å²) in [7, 11) is 0. The zero-order valence-electron chi connectivity index (χ0n) is 11.5. The smallest absolute Gasteiger partial charge is 0.256 e. The first-order valence-electron chi connectivity index (χ1n) is 7.01. The maximum Gasteiger partial charge on any atom is 0.256 e. The molecule has 2 fully saturated rings. The van der Waals surface area contributed by atoms with E-state index in [2.05, 4.69) is 5.32 Å². The average Bonchev–Trinajstić information content (AvgIpc) is 2.43. The van der Waals surface area contributed by atoms with Crippen LogP contribution in [0.1, 0.15) is 35.2 Å². The van der Waals surface area contributed by atoms with Crippen molar-refractivity contribution in [1.82, 2.24) is 10.2 Å². The van der Waals surface area contributed by atoms with Gasteiger partial charge in [-0.1, -0.05) is 17.7 Å². The van der Waals surface area contributed by atoms with E-state index in [4.69, 9.17) is 11.6 Å². The highest BCUT2D eigenvalue weighted by Crippen LogP contribution is 2.32. The van der Waals surface area contributed by atoms with Crippen molar-refractivity contribution in [2.45, 2.75) is 31.7 Å².